The minimum absolute atomic E-state index is 0.0863. The van der Waals surface area contributed by atoms with Gasteiger partial charge in [0, 0.05) is 22.8 Å². The Morgan fingerprint density at radius 1 is 1.53 bits per heavy atom. The van der Waals surface area contributed by atoms with Crippen LogP contribution in [-0.2, 0) is 0 Å². The Morgan fingerprint density at radius 2 is 2.20 bits per heavy atom. The molecule has 0 N–H and O–H groups in total. The average Bonchev–Trinajstić information content (AvgIpc) is 2.17. The van der Waals surface area contributed by atoms with Crippen molar-refractivity contribution in [3.05, 3.63) is 38.3 Å². The Bertz CT molecular complexity index is 408. The van der Waals surface area contributed by atoms with Gasteiger partial charge in [-0.2, -0.15) is 0 Å². The lowest BCUT2D eigenvalue weighted by molar-refractivity contribution is -0.385. The summed E-state index contributed by atoms with van der Waals surface area (Å²) in [5, 5.41) is 10.7. The van der Waals surface area contributed by atoms with E-state index >= 15 is 0 Å². The predicted octanol–water partition coefficient (Wildman–Crippen LogP) is 3.17. The number of nitrogens with zero attached hydrogens (tertiary/aromatic N) is 1. The number of Topliss-reactive ketones (excluding diaryl/α,β-unsaturated/α-hetero) is 1. The zero-order valence-corrected chi connectivity index (χ0v) is 9.92. The zero-order chi connectivity index (χ0) is 11.4. The normalized spacial score (nSPS) is 10.0. The van der Waals surface area contributed by atoms with Crippen molar-refractivity contribution >= 4 is 39.0 Å². The molecular formula is C9H7BrClNO3. The van der Waals surface area contributed by atoms with Crippen LogP contribution in [0.1, 0.15) is 16.8 Å². The van der Waals surface area contributed by atoms with Gasteiger partial charge in [0.1, 0.15) is 5.56 Å². The predicted molar refractivity (Wildman–Crippen MR) is 60.5 cm³/mol. The quantitative estimate of drug-likeness (QED) is 0.371. The molecule has 0 heterocycles. The number of hydrogen-bond acceptors (Lipinski definition) is 3. The molecule has 1 aromatic carbocycles. The van der Waals surface area contributed by atoms with Gasteiger partial charge in [-0.05, 0) is 22.0 Å². The van der Waals surface area contributed by atoms with Crippen LogP contribution < -0.4 is 0 Å². The number of nitro benzene ring substituents is 1. The Balaban J connectivity index is 3.24. The van der Waals surface area contributed by atoms with Crippen molar-refractivity contribution in [3.8, 4) is 0 Å². The Kier molecular flexibility index (Phi) is 4.23. The van der Waals surface area contributed by atoms with Gasteiger partial charge in [0.05, 0.1) is 4.92 Å². The molecule has 0 saturated carbocycles. The number of carbonyl (C=O) groups excluding carboxylic acids is 1. The molecule has 0 aliphatic carbocycles. The second-order valence-electron chi connectivity index (χ2n) is 2.75. The molecule has 0 fully saturated rings. The summed E-state index contributed by atoms with van der Waals surface area (Å²) in [6, 6.07) is 4.40. The second kappa shape index (κ2) is 5.23. The number of benzene rings is 1. The van der Waals surface area contributed by atoms with Crippen LogP contribution in [0.5, 0.6) is 0 Å². The van der Waals surface area contributed by atoms with E-state index in [0.29, 0.717) is 4.47 Å². The Labute approximate surface area is 99.5 Å². The van der Waals surface area contributed by atoms with Crippen molar-refractivity contribution < 1.29 is 9.72 Å². The first-order valence-electron chi connectivity index (χ1n) is 4.10. The molecule has 0 aliphatic heterocycles. The summed E-state index contributed by atoms with van der Waals surface area (Å²) in [5.41, 5.74) is -0.109. The van der Waals surface area contributed by atoms with Crippen LogP contribution in [0.3, 0.4) is 0 Å². The number of alkyl halides is 1. The van der Waals surface area contributed by atoms with E-state index in [-0.39, 0.29) is 29.3 Å². The molecule has 80 valence electrons. The van der Waals surface area contributed by atoms with Crippen LogP contribution >= 0.6 is 27.5 Å². The molecule has 0 atom stereocenters. The van der Waals surface area contributed by atoms with Gasteiger partial charge in [-0.1, -0.05) is 6.07 Å². The summed E-state index contributed by atoms with van der Waals surface area (Å²) < 4.78 is 0.423. The van der Waals surface area contributed by atoms with Crippen molar-refractivity contribution in [2.75, 3.05) is 5.88 Å². The molecule has 0 amide bonds. The molecule has 0 aliphatic rings. The van der Waals surface area contributed by atoms with E-state index in [2.05, 4.69) is 15.9 Å². The van der Waals surface area contributed by atoms with Crippen LogP contribution in [-0.4, -0.2) is 16.6 Å². The van der Waals surface area contributed by atoms with Gasteiger partial charge in [0.2, 0.25) is 0 Å². The lowest BCUT2D eigenvalue weighted by Gasteiger charge is -2.02. The van der Waals surface area contributed by atoms with Gasteiger partial charge < -0.3 is 0 Å². The van der Waals surface area contributed by atoms with Gasteiger partial charge in [0.15, 0.2) is 5.78 Å². The maximum Gasteiger partial charge on any atom is 0.281 e. The Morgan fingerprint density at radius 3 is 2.73 bits per heavy atom. The highest BCUT2D eigenvalue weighted by atomic mass is 79.9. The average molecular weight is 293 g/mol. The number of halogens is 2. The first kappa shape index (κ1) is 12.1. The number of carbonyl (C=O) groups is 1. The SMILES string of the molecule is O=C(CCCl)c1c(Br)cccc1[N+](=O)[O-]. The maximum atomic E-state index is 11.6. The number of rotatable bonds is 4. The first-order chi connectivity index (χ1) is 7.07. The molecule has 0 spiro atoms. The summed E-state index contributed by atoms with van der Waals surface area (Å²) >= 11 is 8.54. The minimum atomic E-state index is -0.577. The standard InChI is InChI=1S/C9H7BrClNO3/c10-6-2-1-3-7(12(14)15)9(6)8(13)4-5-11/h1-3H,4-5H2. The highest BCUT2D eigenvalue weighted by Crippen LogP contribution is 2.27. The smallest absolute Gasteiger partial charge is 0.281 e. The van der Waals surface area contributed by atoms with E-state index in [4.69, 9.17) is 11.6 Å². The fourth-order valence-corrected chi connectivity index (χ4v) is 1.90. The third kappa shape index (κ3) is 2.76. The van der Waals surface area contributed by atoms with Gasteiger partial charge in [-0.15, -0.1) is 11.6 Å². The molecule has 0 radical (unpaired) electrons. The third-order valence-corrected chi connectivity index (χ3v) is 2.64. The van der Waals surface area contributed by atoms with Crippen molar-refractivity contribution in [1.29, 1.82) is 0 Å². The van der Waals surface area contributed by atoms with Crippen molar-refractivity contribution in [2.24, 2.45) is 0 Å². The molecule has 1 rings (SSSR count). The van der Waals surface area contributed by atoms with Crippen molar-refractivity contribution in [1.82, 2.24) is 0 Å². The summed E-state index contributed by atoms with van der Waals surface area (Å²) in [6.45, 7) is 0. The number of nitro groups is 1. The summed E-state index contributed by atoms with van der Waals surface area (Å²) in [6.07, 6.45) is 0.0883. The van der Waals surface area contributed by atoms with Crippen molar-refractivity contribution in [2.45, 2.75) is 6.42 Å². The van der Waals surface area contributed by atoms with Crippen LogP contribution in [0, 0.1) is 10.1 Å². The van der Waals surface area contributed by atoms with E-state index in [1.54, 1.807) is 6.07 Å². The van der Waals surface area contributed by atoms with Crippen LogP contribution in [0.2, 0.25) is 0 Å². The fourth-order valence-electron chi connectivity index (χ4n) is 1.15. The molecule has 4 nitrogen and oxygen atoms in total. The van der Waals surface area contributed by atoms with Crippen LogP contribution in [0.25, 0.3) is 0 Å². The van der Waals surface area contributed by atoms with Gasteiger partial charge in [-0.25, -0.2) is 0 Å². The molecule has 0 aromatic heterocycles. The van der Waals surface area contributed by atoms with Crippen molar-refractivity contribution in [3.63, 3.8) is 0 Å². The van der Waals surface area contributed by atoms with E-state index in [9.17, 15) is 14.9 Å². The van der Waals surface area contributed by atoms with E-state index in [0.717, 1.165) is 0 Å². The first-order valence-corrected chi connectivity index (χ1v) is 5.42. The Hall–Kier alpha value is -0.940. The summed E-state index contributed by atoms with van der Waals surface area (Å²) in [7, 11) is 0. The number of hydrogen-bond donors (Lipinski definition) is 0. The lowest BCUT2D eigenvalue weighted by atomic mass is 10.1. The van der Waals surface area contributed by atoms with Gasteiger partial charge in [0.25, 0.3) is 5.69 Å². The molecule has 0 bridgehead atoms. The topological polar surface area (TPSA) is 60.2 Å². The molecule has 15 heavy (non-hydrogen) atoms. The van der Waals surface area contributed by atoms with Gasteiger partial charge >= 0.3 is 0 Å². The van der Waals surface area contributed by atoms with Gasteiger partial charge in [-0.3, -0.25) is 14.9 Å². The van der Waals surface area contributed by atoms with E-state index in [1.807, 2.05) is 0 Å². The van der Waals surface area contributed by atoms with Crippen LogP contribution in [0.15, 0.2) is 22.7 Å². The number of ketones is 1. The largest absolute Gasteiger partial charge is 0.294 e. The summed E-state index contributed by atoms with van der Waals surface area (Å²) in [4.78, 5) is 21.7. The molecular weight excluding hydrogens is 285 g/mol. The molecule has 1 aromatic rings. The van der Waals surface area contributed by atoms with E-state index < -0.39 is 4.92 Å². The van der Waals surface area contributed by atoms with Crippen LogP contribution in [0.4, 0.5) is 5.69 Å². The highest BCUT2D eigenvalue weighted by Gasteiger charge is 2.21. The second-order valence-corrected chi connectivity index (χ2v) is 3.99. The maximum absolute atomic E-state index is 11.6. The molecule has 6 heteroatoms. The summed E-state index contributed by atoms with van der Waals surface area (Å²) in [5.74, 6) is -0.179. The highest BCUT2D eigenvalue weighted by molar-refractivity contribution is 9.10. The monoisotopic (exact) mass is 291 g/mol. The fraction of sp³-hybridized carbons (Fsp3) is 0.222. The third-order valence-electron chi connectivity index (χ3n) is 1.79. The zero-order valence-electron chi connectivity index (χ0n) is 7.57. The minimum Gasteiger partial charge on any atom is -0.294 e. The molecule has 0 unspecified atom stereocenters. The lowest BCUT2D eigenvalue weighted by Crippen LogP contribution is -2.05. The van der Waals surface area contributed by atoms with E-state index in [1.165, 1.54) is 12.1 Å². The molecule has 0 saturated heterocycles.